The number of methoxy groups -OCH3 is 1. The molecule has 2 N–H and O–H groups in total. The van der Waals surface area contributed by atoms with Gasteiger partial charge in [-0.1, -0.05) is 25.5 Å². The summed E-state index contributed by atoms with van der Waals surface area (Å²) in [7, 11) is 1.54. The fraction of sp³-hybridized carbons (Fsp3) is 0.533. The quantitative estimate of drug-likeness (QED) is 0.828. The SMILES string of the molecule is COc1ccc(C)cc1C(=O)NCC(O)CC(C)C. The summed E-state index contributed by atoms with van der Waals surface area (Å²) in [4.78, 5) is 12.1. The number of aliphatic hydroxyl groups is 1. The van der Waals surface area contributed by atoms with Crippen LogP contribution in [0.2, 0.25) is 0 Å². The van der Waals surface area contributed by atoms with Gasteiger partial charge >= 0.3 is 0 Å². The Balaban J connectivity index is 2.65. The maximum Gasteiger partial charge on any atom is 0.255 e. The van der Waals surface area contributed by atoms with Crippen molar-refractivity contribution in [1.82, 2.24) is 5.32 Å². The molecule has 0 radical (unpaired) electrons. The zero-order valence-corrected chi connectivity index (χ0v) is 12.1. The van der Waals surface area contributed by atoms with Gasteiger partial charge in [0.25, 0.3) is 5.91 Å². The van der Waals surface area contributed by atoms with Crippen molar-refractivity contribution >= 4 is 5.91 Å². The number of aryl methyl sites for hydroxylation is 1. The molecule has 0 aliphatic carbocycles. The summed E-state index contributed by atoms with van der Waals surface area (Å²) in [5, 5.41) is 12.5. The Morgan fingerprint density at radius 3 is 2.68 bits per heavy atom. The zero-order valence-electron chi connectivity index (χ0n) is 12.1. The lowest BCUT2D eigenvalue weighted by Gasteiger charge is -2.15. The minimum atomic E-state index is -0.514. The minimum Gasteiger partial charge on any atom is -0.496 e. The van der Waals surface area contributed by atoms with Crippen LogP contribution in [0.1, 0.15) is 36.2 Å². The normalized spacial score (nSPS) is 12.3. The fourth-order valence-electron chi connectivity index (χ4n) is 1.93. The summed E-state index contributed by atoms with van der Waals surface area (Å²) in [5.74, 6) is 0.727. The summed E-state index contributed by atoms with van der Waals surface area (Å²) in [6.07, 6.45) is 0.158. The van der Waals surface area contributed by atoms with E-state index in [1.54, 1.807) is 12.1 Å². The van der Waals surface area contributed by atoms with Crippen molar-refractivity contribution in [2.24, 2.45) is 5.92 Å². The first-order valence-electron chi connectivity index (χ1n) is 6.55. The molecule has 0 saturated carbocycles. The van der Waals surface area contributed by atoms with Gasteiger partial charge in [-0.25, -0.2) is 0 Å². The Kier molecular flexibility index (Phi) is 5.83. The van der Waals surface area contributed by atoms with Crippen molar-refractivity contribution in [2.75, 3.05) is 13.7 Å². The Morgan fingerprint density at radius 1 is 1.42 bits per heavy atom. The Bertz CT molecular complexity index is 429. The molecule has 0 spiro atoms. The van der Waals surface area contributed by atoms with Crippen LogP contribution in [-0.2, 0) is 0 Å². The molecule has 1 amide bonds. The molecule has 0 bridgehead atoms. The van der Waals surface area contributed by atoms with Crippen molar-refractivity contribution in [3.8, 4) is 5.75 Å². The van der Waals surface area contributed by atoms with E-state index in [1.807, 2.05) is 26.8 Å². The highest BCUT2D eigenvalue weighted by Gasteiger charge is 2.14. The van der Waals surface area contributed by atoms with E-state index >= 15 is 0 Å². The smallest absolute Gasteiger partial charge is 0.255 e. The van der Waals surface area contributed by atoms with E-state index in [0.717, 1.165) is 5.56 Å². The predicted molar refractivity (Wildman–Crippen MR) is 75.5 cm³/mol. The highest BCUT2D eigenvalue weighted by atomic mass is 16.5. The third-order valence-corrected chi connectivity index (χ3v) is 2.84. The van der Waals surface area contributed by atoms with Gasteiger partial charge in [-0.05, 0) is 31.4 Å². The van der Waals surface area contributed by atoms with Crippen LogP contribution < -0.4 is 10.1 Å². The van der Waals surface area contributed by atoms with Gasteiger partial charge in [-0.15, -0.1) is 0 Å². The van der Waals surface area contributed by atoms with Crippen LogP contribution >= 0.6 is 0 Å². The van der Waals surface area contributed by atoms with Crippen LogP contribution in [0.25, 0.3) is 0 Å². The van der Waals surface area contributed by atoms with Crippen LogP contribution in [-0.4, -0.2) is 30.8 Å². The van der Waals surface area contributed by atoms with Gasteiger partial charge in [0.05, 0.1) is 18.8 Å². The second kappa shape index (κ2) is 7.14. The van der Waals surface area contributed by atoms with Crippen LogP contribution in [0.5, 0.6) is 5.75 Å². The molecule has 19 heavy (non-hydrogen) atoms. The lowest BCUT2D eigenvalue weighted by molar-refractivity contribution is 0.0897. The number of carbonyl (C=O) groups excluding carboxylic acids is 1. The molecule has 1 aromatic carbocycles. The highest BCUT2D eigenvalue weighted by molar-refractivity contribution is 5.97. The Hall–Kier alpha value is -1.55. The second-order valence-electron chi connectivity index (χ2n) is 5.20. The first-order valence-corrected chi connectivity index (χ1v) is 6.55. The van der Waals surface area contributed by atoms with Crippen molar-refractivity contribution in [3.05, 3.63) is 29.3 Å². The molecule has 4 heteroatoms. The van der Waals surface area contributed by atoms with E-state index in [0.29, 0.717) is 23.7 Å². The molecule has 0 aliphatic rings. The lowest BCUT2D eigenvalue weighted by Crippen LogP contribution is -2.33. The molecule has 1 unspecified atom stereocenters. The van der Waals surface area contributed by atoms with Gasteiger partial charge in [-0.2, -0.15) is 0 Å². The summed E-state index contributed by atoms with van der Waals surface area (Å²) >= 11 is 0. The van der Waals surface area contributed by atoms with Crippen LogP contribution in [0.4, 0.5) is 0 Å². The third kappa shape index (κ3) is 4.91. The predicted octanol–water partition coefficient (Wildman–Crippen LogP) is 2.14. The van der Waals surface area contributed by atoms with Gasteiger partial charge in [0.2, 0.25) is 0 Å². The number of nitrogens with one attached hydrogen (secondary N) is 1. The maximum absolute atomic E-state index is 12.1. The monoisotopic (exact) mass is 265 g/mol. The average Bonchev–Trinajstić information content (AvgIpc) is 2.35. The third-order valence-electron chi connectivity index (χ3n) is 2.84. The summed E-state index contributed by atoms with van der Waals surface area (Å²) in [6, 6.07) is 5.45. The molecular formula is C15H23NO3. The van der Waals surface area contributed by atoms with Crippen LogP contribution in [0.15, 0.2) is 18.2 Å². The number of amides is 1. The van der Waals surface area contributed by atoms with E-state index in [-0.39, 0.29) is 12.5 Å². The molecule has 106 valence electrons. The van der Waals surface area contributed by atoms with Crippen molar-refractivity contribution in [2.45, 2.75) is 33.3 Å². The van der Waals surface area contributed by atoms with Crippen molar-refractivity contribution < 1.29 is 14.6 Å². The van der Waals surface area contributed by atoms with E-state index in [2.05, 4.69) is 5.32 Å². The van der Waals surface area contributed by atoms with Gasteiger partial charge in [0, 0.05) is 6.54 Å². The molecule has 1 atom stereocenters. The van der Waals surface area contributed by atoms with Crippen molar-refractivity contribution in [1.29, 1.82) is 0 Å². The molecule has 1 aromatic rings. The minimum absolute atomic E-state index is 0.219. The number of ether oxygens (including phenoxy) is 1. The fourth-order valence-corrected chi connectivity index (χ4v) is 1.93. The molecule has 4 nitrogen and oxygen atoms in total. The first kappa shape index (κ1) is 15.5. The van der Waals surface area contributed by atoms with E-state index in [9.17, 15) is 9.90 Å². The number of hydrogen-bond acceptors (Lipinski definition) is 3. The molecule has 0 aliphatic heterocycles. The average molecular weight is 265 g/mol. The first-order chi connectivity index (χ1) is 8.93. The molecular weight excluding hydrogens is 242 g/mol. The largest absolute Gasteiger partial charge is 0.496 e. The number of hydrogen-bond donors (Lipinski definition) is 2. The van der Waals surface area contributed by atoms with Gasteiger partial charge in [0.1, 0.15) is 5.75 Å². The Morgan fingerprint density at radius 2 is 2.11 bits per heavy atom. The molecule has 1 rings (SSSR count). The number of aliphatic hydroxyl groups excluding tert-OH is 1. The van der Waals surface area contributed by atoms with E-state index < -0.39 is 6.10 Å². The highest BCUT2D eigenvalue weighted by Crippen LogP contribution is 2.19. The van der Waals surface area contributed by atoms with Crippen LogP contribution in [0.3, 0.4) is 0 Å². The summed E-state index contributed by atoms with van der Waals surface area (Å²) in [6.45, 7) is 6.25. The van der Waals surface area contributed by atoms with Gasteiger partial charge in [-0.3, -0.25) is 4.79 Å². The summed E-state index contributed by atoms with van der Waals surface area (Å²) < 4.78 is 5.17. The number of carbonyl (C=O) groups is 1. The topological polar surface area (TPSA) is 58.6 Å². The summed E-state index contributed by atoms with van der Waals surface area (Å²) in [5.41, 5.74) is 1.49. The van der Waals surface area contributed by atoms with Crippen LogP contribution in [0, 0.1) is 12.8 Å². The maximum atomic E-state index is 12.1. The number of benzene rings is 1. The van der Waals surface area contributed by atoms with Crippen molar-refractivity contribution in [3.63, 3.8) is 0 Å². The molecule has 0 fully saturated rings. The van der Waals surface area contributed by atoms with E-state index in [1.165, 1.54) is 7.11 Å². The van der Waals surface area contributed by atoms with Gasteiger partial charge in [0.15, 0.2) is 0 Å². The van der Waals surface area contributed by atoms with E-state index in [4.69, 9.17) is 4.74 Å². The lowest BCUT2D eigenvalue weighted by atomic mass is 10.1. The zero-order chi connectivity index (χ0) is 14.4. The molecule has 0 aromatic heterocycles. The standard InChI is InChI=1S/C15H23NO3/c1-10(2)7-12(17)9-16-15(18)13-8-11(3)5-6-14(13)19-4/h5-6,8,10,12,17H,7,9H2,1-4H3,(H,16,18). The Labute approximate surface area is 114 Å². The van der Waals surface area contributed by atoms with Gasteiger partial charge < -0.3 is 15.2 Å². The number of rotatable bonds is 6. The molecule has 0 saturated heterocycles. The molecule has 0 heterocycles. The second-order valence-corrected chi connectivity index (χ2v) is 5.20.